The summed E-state index contributed by atoms with van der Waals surface area (Å²) in [5, 5.41) is 29.8. The van der Waals surface area contributed by atoms with Crippen molar-refractivity contribution in [3.8, 4) is 0 Å². The lowest BCUT2D eigenvalue weighted by atomic mass is 9.77. The van der Waals surface area contributed by atoms with Crippen molar-refractivity contribution in [1.29, 1.82) is 0 Å². The predicted octanol–water partition coefficient (Wildman–Crippen LogP) is 4.63. The number of amides is 1. The maximum atomic E-state index is 13.5. The predicted molar refractivity (Wildman–Crippen MR) is 159 cm³/mol. The van der Waals surface area contributed by atoms with Gasteiger partial charge in [-0.3, -0.25) is 9.63 Å². The standard InChI is InChI=1S/C32H56ClN3O4/c1-21(38)31-28(20-37)30(32(39)34-17-16-25-18-35-29-5-3-2-4-27(25)29)36(40-31)19-24-10-8-22(9-11-24)6-7-23-12-14-26(33)15-13-23/h21-31,35,37-38H,2-20H2,1H3,(H,34,39)/t21-,22?,23?,24?,25?,26?,27?,28-,29?,30-,31-/m0/s1. The zero-order valence-electron chi connectivity index (χ0n) is 24.8. The molecule has 2 heterocycles. The second kappa shape index (κ2) is 14.8. The van der Waals surface area contributed by atoms with Gasteiger partial charge < -0.3 is 20.8 Å². The van der Waals surface area contributed by atoms with Crippen molar-refractivity contribution < 1.29 is 19.8 Å². The second-order valence-electron chi connectivity index (χ2n) is 14.1. The summed E-state index contributed by atoms with van der Waals surface area (Å²) in [6, 6.07) is 0.114. The van der Waals surface area contributed by atoms with Gasteiger partial charge in [-0.25, -0.2) is 0 Å². The van der Waals surface area contributed by atoms with Crippen LogP contribution in [0, 0.1) is 35.5 Å². The monoisotopic (exact) mass is 581 g/mol. The fraction of sp³-hybridized carbons (Fsp3) is 0.969. The van der Waals surface area contributed by atoms with Gasteiger partial charge in [0.1, 0.15) is 12.1 Å². The molecule has 7 nitrogen and oxygen atoms in total. The fourth-order valence-electron chi connectivity index (χ4n) is 8.90. The summed E-state index contributed by atoms with van der Waals surface area (Å²) >= 11 is 6.30. The van der Waals surface area contributed by atoms with Crippen LogP contribution in [0.15, 0.2) is 0 Å². The van der Waals surface area contributed by atoms with Crippen molar-refractivity contribution in [2.45, 2.75) is 133 Å². The van der Waals surface area contributed by atoms with Gasteiger partial charge in [0.15, 0.2) is 0 Å². The van der Waals surface area contributed by atoms with Crippen LogP contribution in [0.3, 0.4) is 0 Å². The first-order valence-electron chi connectivity index (χ1n) is 16.8. The number of carbonyl (C=O) groups is 1. The van der Waals surface area contributed by atoms with Crippen LogP contribution >= 0.6 is 11.6 Å². The van der Waals surface area contributed by atoms with Gasteiger partial charge in [-0.15, -0.1) is 11.6 Å². The van der Waals surface area contributed by atoms with Crippen LogP contribution in [0.5, 0.6) is 0 Å². The molecule has 0 bridgehead atoms. The first-order chi connectivity index (χ1) is 19.4. The lowest BCUT2D eigenvalue weighted by Gasteiger charge is -2.33. The molecule has 0 aromatic carbocycles. The first kappa shape index (κ1) is 31.0. The normalized spacial score (nSPS) is 41.5. The molecule has 3 saturated carbocycles. The topological polar surface area (TPSA) is 94.1 Å². The van der Waals surface area contributed by atoms with Gasteiger partial charge in [0.05, 0.1) is 12.7 Å². The molecule has 0 aromatic rings. The van der Waals surface area contributed by atoms with Crippen LogP contribution in [-0.2, 0) is 9.63 Å². The van der Waals surface area contributed by atoms with Crippen LogP contribution in [0.4, 0.5) is 0 Å². The molecule has 5 fully saturated rings. The van der Waals surface area contributed by atoms with E-state index in [0.717, 1.165) is 43.6 Å². The fourth-order valence-corrected chi connectivity index (χ4v) is 9.15. The Morgan fingerprint density at radius 3 is 2.30 bits per heavy atom. The Hall–Kier alpha value is -0.440. The Bertz CT molecular complexity index is 786. The lowest BCUT2D eigenvalue weighted by Crippen LogP contribution is -2.49. The second-order valence-corrected chi connectivity index (χ2v) is 14.7. The molecule has 40 heavy (non-hydrogen) atoms. The van der Waals surface area contributed by atoms with Crippen LogP contribution < -0.4 is 10.6 Å². The average Bonchev–Trinajstić information content (AvgIpc) is 3.55. The van der Waals surface area contributed by atoms with E-state index in [9.17, 15) is 15.0 Å². The average molecular weight is 582 g/mol. The van der Waals surface area contributed by atoms with E-state index in [-0.39, 0.29) is 12.5 Å². The van der Waals surface area contributed by atoms with Gasteiger partial charge in [-0.05, 0) is 101 Å². The first-order valence-corrected chi connectivity index (χ1v) is 17.2. The number of rotatable bonds is 11. The van der Waals surface area contributed by atoms with Crippen molar-refractivity contribution >= 4 is 17.5 Å². The number of halogens is 1. The molecule has 5 rings (SSSR count). The number of fused-ring (bicyclic) bond motifs is 1. The molecule has 5 aliphatic rings. The molecule has 0 spiro atoms. The summed E-state index contributed by atoms with van der Waals surface area (Å²) in [6.07, 6.45) is 17.4. The Balaban J connectivity index is 1.09. The van der Waals surface area contributed by atoms with E-state index in [1.165, 1.54) is 77.0 Å². The number of alkyl halides is 1. The summed E-state index contributed by atoms with van der Waals surface area (Å²) in [4.78, 5) is 19.8. The van der Waals surface area contributed by atoms with E-state index in [2.05, 4.69) is 10.6 Å². The maximum absolute atomic E-state index is 13.5. The van der Waals surface area contributed by atoms with Crippen LogP contribution in [0.2, 0.25) is 0 Å². The Morgan fingerprint density at radius 2 is 1.62 bits per heavy atom. The van der Waals surface area contributed by atoms with Crippen molar-refractivity contribution in [1.82, 2.24) is 15.7 Å². The molecule has 2 aliphatic heterocycles. The zero-order chi connectivity index (χ0) is 28.1. The Kier molecular flexibility index (Phi) is 11.5. The van der Waals surface area contributed by atoms with Crippen molar-refractivity contribution in [3.05, 3.63) is 0 Å². The minimum Gasteiger partial charge on any atom is -0.396 e. The molecule has 230 valence electrons. The molecule has 7 atom stereocenters. The minimum atomic E-state index is -0.741. The quantitative estimate of drug-likeness (QED) is 0.266. The van der Waals surface area contributed by atoms with E-state index in [1.807, 2.05) is 5.06 Å². The van der Waals surface area contributed by atoms with Crippen LogP contribution in [0.1, 0.15) is 103 Å². The van der Waals surface area contributed by atoms with Crippen molar-refractivity contribution in [2.75, 3.05) is 26.2 Å². The van der Waals surface area contributed by atoms with E-state index in [4.69, 9.17) is 16.4 Å². The maximum Gasteiger partial charge on any atom is 0.240 e. The SMILES string of the molecule is C[C@H](O)[C@@H]1ON(CC2CCC(CCC3CCC(Cl)CC3)CC2)[C@H](C(=O)NCCC2CNC3CCCCC23)[C@@H]1CO. The number of nitrogens with zero attached hydrogens (tertiary/aromatic N) is 1. The van der Waals surface area contributed by atoms with E-state index in [0.29, 0.717) is 36.3 Å². The number of hydrogen-bond acceptors (Lipinski definition) is 6. The molecule has 1 amide bonds. The van der Waals surface area contributed by atoms with E-state index >= 15 is 0 Å². The van der Waals surface area contributed by atoms with Crippen LogP contribution in [-0.4, -0.2) is 77.1 Å². The molecule has 8 heteroatoms. The van der Waals surface area contributed by atoms with E-state index < -0.39 is 24.2 Å². The third-order valence-corrected chi connectivity index (χ3v) is 11.8. The summed E-state index contributed by atoms with van der Waals surface area (Å²) in [5.74, 6) is 3.06. The number of hydrogen-bond donors (Lipinski definition) is 4. The number of aliphatic hydroxyl groups is 2. The van der Waals surface area contributed by atoms with E-state index in [1.54, 1.807) is 6.92 Å². The van der Waals surface area contributed by atoms with Gasteiger partial charge in [0, 0.05) is 30.4 Å². The third-order valence-electron chi connectivity index (χ3n) is 11.4. The van der Waals surface area contributed by atoms with Crippen LogP contribution in [0.25, 0.3) is 0 Å². The lowest BCUT2D eigenvalue weighted by molar-refractivity contribution is -0.193. The van der Waals surface area contributed by atoms with Gasteiger partial charge in [-0.2, -0.15) is 5.06 Å². The summed E-state index contributed by atoms with van der Waals surface area (Å²) in [5.41, 5.74) is 0. The number of nitrogens with one attached hydrogen (secondary N) is 2. The van der Waals surface area contributed by atoms with Gasteiger partial charge in [0.2, 0.25) is 5.91 Å². The van der Waals surface area contributed by atoms with Crippen molar-refractivity contribution in [3.63, 3.8) is 0 Å². The molecule has 2 saturated heterocycles. The molecular weight excluding hydrogens is 526 g/mol. The molecule has 0 radical (unpaired) electrons. The third kappa shape index (κ3) is 7.74. The molecule has 3 unspecified atom stereocenters. The zero-order valence-corrected chi connectivity index (χ0v) is 25.6. The molecule has 0 aromatic heterocycles. The molecule has 4 N–H and O–H groups in total. The highest BCUT2D eigenvalue weighted by Gasteiger charge is 2.49. The smallest absolute Gasteiger partial charge is 0.240 e. The van der Waals surface area contributed by atoms with Gasteiger partial charge in [0.25, 0.3) is 0 Å². The summed E-state index contributed by atoms with van der Waals surface area (Å²) in [6.45, 7) is 3.95. The highest BCUT2D eigenvalue weighted by molar-refractivity contribution is 6.20. The number of carbonyl (C=O) groups excluding carboxylic acids is 1. The largest absolute Gasteiger partial charge is 0.396 e. The Labute approximate surface area is 247 Å². The highest BCUT2D eigenvalue weighted by Crippen LogP contribution is 2.39. The number of hydroxylamine groups is 2. The Morgan fingerprint density at radius 1 is 0.975 bits per heavy atom. The van der Waals surface area contributed by atoms with Gasteiger partial charge in [-0.1, -0.05) is 38.5 Å². The summed E-state index contributed by atoms with van der Waals surface area (Å²) in [7, 11) is 0. The summed E-state index contributed by atoms with van der Waals surface area (Å²) < 4.78 is 0. The number of aliphatic hydroxyl groups excluding tert-OH is 2. The minimum absolute atomic E-state index is 0.0614. The molecule has 3 aliphatic carbocycles. The molecular formula is C32H56ClN3O4. The van der Waals surface area contributed by atoms with Gasteiger partial charge >= 0.3 is 0 Å². The van der Waals surface area contributed by atoms with Crippen molar-refractivity contribution in [2.24, 2.45) is 35.5 Å². The highest BCUT2D eigenvalue weighted by atomic mass is 35.5.